The van der Waals surface area contributed by atoms with E-state index in [1.165, 1.54) is 7.11 Å². The number of carboxylic acid groups (broad SMARTS) is 1. The summed E-state index contributed by atoms with van der Waals surface area (Å²) in [5, 5.41) is 12.7. The molecule has 3 aromatic rings. The van der Waals surface area contributed by atoms with Crippen LogP contribution in [-0.2, 0) is 24.3 Å². The number of hydrogen-bond acceptors (Lipinski definition) is 3. The number of rotatable bonds is 5. The van der Waals surface area contributed by atoms with E-state index in [2.05, 4.69) is 17.2 Å². The van der Waals surface area contributed by atoms with Crippen molar-refractivity contribution < 1.29 is 23.8 Å². The zero-order valence-electron chi connectivity index (χ0n) is 18.0. The standard InChI is InChI=1S/C27H22FNO4/c1-33-24-13-12-21(14-20(24)11-10-18-6-8-19(17-28)9-7-18)25(30)29-27(26(31)32)15-22-4-2-3-5-23(22)16-27/h2-9,12-14H,15-17H2,1H3,(H,29,30)(H,31,32). The zero-order valence-corrected chi connectivity index (χ0v) is 18.0. The molecule has 0 bridgehead atoms. The number of fused-ring (bicyclic) bond motifs is 1. The number of ether oxygens (including phenoxy) is 1. The van der Waals surface area contributed by atoms with Crippen molar-refractivity contribution in [1.82, 2.24) is 5.32 Å². The van der Waals surface area contributed by atoms with Crippen molar-refractivity contribution in [3.05, 3.63) is 100 Å². The van der Waals surface area contributed by atoms with Gasteiger partial charge < -0.3 is 15.2 Å². The lowest BCUT2D eigenvalue weighted by atomic mass is 9.95. The van der Waals surface area contributed by atoms with E-state index < -0.39 is 24.1 Å². The zero-order chi connectivity index (χ0) is 23.4. The number of carboxylic acids is 1. The predicted octanol–water partition coefficient (Wildman–Crippen LogP) is 3.92. The lowest BCUT2D eigenvalue weighted by Crippen LogP contribution is -2.55. The number of halogens is 1. The number of methoxy groups -OCH3 is 1. The van der Waals surface area contributed by atoms with E-state index in [1.807, 2.05) is 24.3 Å². The molecule has 4 rings (SSSR count). The normalized spacial score (nSPS) is 13.4. The Morgan fingerprint density at radius 2 is 1.70 bits per heavy atom. The Hall–Kier alpha value is -4.11. The van der Waals surface area contributed by atoms with Gasteiger partial charge in [-0.2, -0.15) is 0 Å². The molecule has 6 heteroatoms. The van der Waals surface area contributed by atoms with Crippen LogP contribution >= 0.6 is 0 Å². The molecule has 0 spiro atoms. The van der Waals surface area contributed by atoms with Crippen LogP contribution < -0.4 is 10.1 Å². The third kappa shape index (κ3) is 4.58. The van der Waals surface area contributed by atoms with E-state index in [-0.39, 0.29) is 18.4 Å². The minimum atomic E-state index is -1.40. The maximum Gasteiger partial charge on any atom is 0.330 e. The van der Waals surface area contributed by atoms with E-state index in [0.29, 0.717) is 22.4 Å². The maximum atomic E-state index is 13.1. The summed E-state index contributed by atoms with van der Waals surface area (Å²) in [5.74, 6) is 4.89. The third-order valence-electron chi connectivity index (χ3n) is 5.78. The van der Waals surface area contributed by atoms with E-state index in [4.69, 9.17) is 4.74 Å². The highest BCUT2D eigenvalue weighted by atomic mass is 19.1. The monoisotopic (exact) mass is 443 g/mol. The molecule has 0 fully saturated rings. The average molecular weight is 443 g/mol. The minimum absolute atomic E-state index is 0.224. The van der Waals surface area contributed by atoms with Crippen LogP contribution in [0.2, 0.25) is 0 Å². The molecule has 0 atom stereocenters. The second kappa shape index (κ2) is 9.17. The first-order valence-electron chi connectivity index (χ1n) is 10.4. The quantitative estimate of drug-likeness (QED) is 0.587. The van der Waals surface area contributed by atoms with Gasteiger partial charge in [-0.3, -0.25) is 4.79 Å². The first-order chi connectivity index (χ1) is 15.9. The van der Waals surface area contributed by atoms with Crippen LogP contribution in [-0.4, -0.2) is 29.6 Å². The summed E-state index contributed by atoms with van der Waals surface area (Å²) in [6.07, 6.45) is 0.448. The molecule has 3 aromatic carbocycles. The number of carbonyl (C=O) groups excluding carboxylic acids is 1. The Morgan fingerprint density at radius 1 is 1.03 bits per heavy atom. The highest BCUT2D eigenvalue weighted by molar-refractivity contribution is 5.99. The Morgan fingerprint density at radius 3 is 2.27 bits per heavy atom. The highest BCUT2D eigenvalue weighted by Crippen LogP contribution is 2.31. The van der Waals surface area contributed by atoms with Crippen LogP contribution in [0, 0.1) is 11.8 Å². The van der Waals surface area contributed by atoms with Gasteiger partial charge in [-0.25, -0.2) is 9.18 Å². The summed E-state index contributed by atoms with van der Waals surface area (Å²) in [6.45, 7) is -0.540. The number of nitrogens with one attached hydrogen (secondary N) is 1. The lowest BCUT2D eigenvalue weighted by Gasteiger charge is -2.25. The highest BCUT2D eigenvalue weighted by Gasteiger charge is 2.45. The molecule has 1 aliphatic carbocycles. The van der Waals surface area contributed by atoms with Gasteiger partial charge in [-0.1, -0.05) is 48.2 Å². The molecule has 1 amide bonds. The van der Waals surface area contributed by atoms with Gasteiger partial charge in [-0.15, -0.1) is 0 Å². The van der Waals surface area contributed by atoms with Gasteiger partial charge in [0.2, 0.25) is 0 Å². The van der Waals surface area contributed by atoms with Gasteiger partial charge in [0.05, 0.1) is 12.7 Å². The summed E-state index contributed by atoms with van der Waals surface area (Å²) in [5.41, 5.74) is 2.46. The maximum absolute atomic E-state index is 13.1. The third-order valence-corrected chi connectivity index (χ3v) is 5.78. The van der Waals surface area contributed by atoms with Gasteiger partial charge >= 0.3 is 5.97 Å². The first-order valence-corrected chi connectivity index (χ1v) is 10.4. The van der Waals surface area contributed by atoms with E-state index >= 15 is 0 Å². The molecular formula is C27H22FNO4. The number of hydrogen-bond donors (Lipinski definition) is 2. The molecule has 5 nitrogen and oxygen atoms in total. The first kappa shape index (κ1) is 22.1. The SMILES string of the molecule is COc1ccc(C(=O)NC2(C(=O)O)Cc3ccccc3C2)cc1C#Cc1ccc(CF)cc1. The molecule has 0 radical (unpaired) electrons. The molecule has 0 aliphatic heterocycles. The average Bonchev–Trinajstić information content (AvgIpc) is 3.22. The second-order valence-electron chi connectivity index (χ2n) is 7.96. The smallest absolute Gasteiger partial charge is 0.330 e. The van der Waals surface area contributed by atoms with Gasteiger partial charge in [0.15, 0.2) is 0 Å². The Balaban J connectivity index is 1.60. The fourth-order valence-corrected chi connectivity index (χ4v) is 3.96. The lowest BCUT2D eigenvalue weighted by molar-refractivity contribution is -0.144. The fraction of sp³-hybridized carbons (Fsp3) is 0.185. The molecule has 1 aliphatic rings. The molecular weight excluding hydrogens is 421 g/mol. The number of alkyl halides is 1. The number of amides is 1. The van der Waals surface area contributed by atoms with E-state index in [9.17, 15) is 19.1 Å². The molecule has 2 N–H and O–H groups in total. The topological polar surface area (TPSA) is 75.6 Å². The van der Waals surface area contributed by atoms with Crippen molar-refractivity contribution in [1.29, 1.82) is 0 Å². The molecule has 0 heterocycles. The largest absolute Gasteiger partial charge is 0.495 e. The van der Waals surface area contributed by atoms with E-state index in [1.54, 1.807) is 42.5 Å². The van der Waals surface area contributed by atoms with Crippen molar-refractivity contribution in [3.8, 4) is 17.6 Å². The minimum Gasteiger partial charge on any atom is -0.495 e. The van der Waals surface area contributed by atoms with Gasteiger partial charge in [0.25, 0.3) is 5.91 Å². The second-order valence-corrected chi connectivity index (χ2v) is 7.96. The molecule has 0 unspecified atom stereocenters. The molecule has 166 valence electrons. The van der Waals surface area contributed by atoms with Crippen LogP contribution in [0.15, 0.2) is 66.7 Å². The van der Waals surface area contributed by atoms with Crippen molar-refractivity contribution in [2.75, 3.05) is 7.11 Å². The number of aliphatic carboxylic acids is 1. The number of benzene rings is 3. The van der Waals surface area contributed by atoms with Crippen LogP contribution in [0.1, 0.15) is 38.2 Å². The van der Waals surface area contributed by atoms with Gasteiger partial charge in [0, 0.05) is 24.0 Å². The molecule has 0 aromatic heterocycles. The summed E-state index contributed by atoms with van der Waals surface area (Å²) in [6, 6.07) is 19.0. The van der Waals surface area contributed by atoms with Crippen LogP contribution in [0.25, 0.3) is 0 Å². The van der Waals surface area contributed by atoms with E-state index in [0.717, 1.165) is 11.1 Å². The van der Waals surface area contributed by atoms with Crippen LogP contribution in [0.4, 0.5) is 4.39 Å². The fourth-order valence-electron chi connectivity index (χ4n) is 3.96. The predicted molar refractivity (Wildman–Crippen MR) is 122 cm³/mol. The van der Waals surface area contributed by atoms with Crippen LogP contribution in [0.5, 0.6) is 5.75 Å². The molecule has 0 saturated heterocycles. The Kier molecular flexibility index (Phi) is 6.14. The van der Waals surface area contributed by atoms with Crippen molar-refractivity contribution >= 4 is 11.9 Å². The van der Waals surface area contributed by atoms with Crippen molar-refractivity contribution in [3.63, 3.8) is 0 Å². The molecule has 0 saturated carbocycles. The number of carbonyl (C=O) groups is 2. The summed E-state index contributed by atoms with van der Waals surface area (Å²) >= 11 is 0. The molecule has 33 heavy (non-hydrogen) atoms. The Labute approximate surface area is 191 Å². The van der Waals surface area contributed by atoms with Crippen LogP contribution in [0.3, 0.4) is 0 Å². The Bertz CT molecular complexity index is 1250. The van der Waals surface area contributed by atoms with Gasteiger partial charge in [0.1, 0.15) is 18.0 Å². The summed E-state index contributed by atoms with van der Waals surface area (Å²) in [4.78, 5) is 25.2. The van der Waals surface area contributed by atoms with Crippen molar-refractivity contribution in [2.24, 2.45) is 0 Å². The summed E-state index contributed by atoms with van der Waals surface area (Å²) < 4.78 is 18.1. The van der Waals surface area contributed by atoms with Crippen molar-refractivity contribution in [2.45, 2.75) is 25.1 Å². The van der Waals surface area contributed by atoms with Gasteiger partial charge in [-0.05, 0) is 47.0 Å². The summed E-state index contributed by atoms with van der Waals surface area (Å²) in [7, 11) is 1.51.